The van der Waals surface area contributed by atoms with Crippen molar-refractivity contribution in [3.05, 3.63) is 24.0 Å². The van der Waals surface area contributed by atoms with Crippen LogP contribution >= 0.6 is 11.8 Å². The normalized spacial score (nSPS) is 12.4. The molecule has 0 saturated heterocycles. The van der Waals surface area contributed by atoms with Gasteiger partial charge in [-0.15, -0.1) is 11.8 Å². The fraction of sp³-hybridized carbons (Fsp3) is 0.562. The van der Waals surface area contributed by atoms with Crippen molar-refractivity contribution in [1.82, 2.24) is 0 Å². The monoisotopic (exact) mass is 330 g/mol. The number of ether oxygens (including phenoxy) is 2. The predicted octanol–water partition coefficient (Wildman–Crippen LogP) is 3.83. The zero-order valence-electron chi connectivity index (χ0n) is 13.2. The third kappa shape index (κ3) is 6.66. The summed E-state index contributed by atoms with van der Waals surface area (Å²) in [6, 6.07) is 4.63. The van der Waals surface area contributed by atoms with Crippen LogP contribution in [0.4, 0.5) is 4.39 Å². The molecule has 0 heterocycles. The molecule has 1 aromatic carbocycles. The molecule has 124 valence electrons. The third-order valence-electron chi connectivity index (χ3n) is 3.06. The van der Waals surface area contributed by atoms with E-state index in [0.717, 1.165) is 4.90 Å². The molecule has 0 saturated carbocycles. The van der Waals surface area contributed by atoms with E-state index in [1.54, 1.807) is 19.2 Å². The Hall–Kier alpha value is -1.27. The van der Waals surface area contributed by atoms with Crippen molar-refractivity contribution in [1.29, 1.82) is 0 Å². The van der Waals surface area contributed by atoms with Crippen molar-refractivity contribution in [2.45, 2.75) is 36.8 Å². The lowest BCUT2D eigenvalue weighted by Gasteiger charge is -2.19. The van der Waals surface area contributed by atoms with Gasteiger partial charge in [0.25, 0.3) is 0 Å². The van der Waals surface area contributed by atoms with Gasteiger partial charge in [0, 0.05) is 30.3 Å². The minimum absolute atomic E-state index is 0.0655. The summed E-state index contributed by atoms with van der Waals surface area (Å²) >= 11 is 1.44. The summed E-state index contributed by atoms with van der Waals surface area (Å²) in [5.74, 6) is -0.846. The molecule has 0 aliphatic rings. The van der Waals surface area contributed by atoms with Gasteiger partial charge in [-0.3, -0.25) is 4.79 Å². The molecule has 0 spiro atoms. The number of halogens is 1. The van der Waals surface area contributed by atoms with Crippen LogP contribution in [0.15, 0.2) is 23.1 Å². The summed E-state index contributed by atoms with van der Waals surface area (Å²) in [7, 11) is 1.60. The van der Waals surface area contributed by atoms with E-state index in [1.807, 2.05) is 13.8 Å². The van der Waals surface area contributed by atoms with Gasteiger partial charge in [0.1, 0.15) is 0 Å². The van der Waals surface area contributed by atoms with Crippen LogP contribution in [0.5, 0.6) is 5.75 Å². The van der Waals surface area contributed by atoms with E-state index < -0.39 is 11.8 Å². The second-order valence-corrected chi connectivity index (χ2v) is 6.60. The van der Waals surface area contributed by atoms with Crippen molar-refractivity contribution in [2.75, 3.05) is 20.3 Å². The van der Waals surface area contributed by atoms with Crippen molar-refractivity contribution in [2.24, 2.45) is 5.92 Å². The van der Waals surface area contributed by atoms with Gasteiger partial charge in [-0.05, 0) is 24.1 Å². The lowest BCUT2D eigenvalue weighted by atomic mass is 10.1. The number of carbonyl (C=O) groups is 1. The Morgan fingerprint density at radius 2 is 2.09 bits per heavy atom. The van der Waals surface area contributed by atoms with E-state index in [9.17, 15) is 9.18 Å². The molecule has 0 amide bonds. The predicted molar refractivity (Wildman–Crippen MR) is 85.1 cm³/mol. The number of aliphatic carboxylic acids is 1. The zero-order valence-corrected chi connectivity index (χ0v) is 14.0. The van der Waals surface area contributed by atoms with Crippen LogP contribution in [0.2, 0.25) is 0 Å². The van der Waals surface area contributed by atoms with Gasteiger partial charge in [0.05, 0.1) is 13.0 Å². The maximum absolute atomic E-state index is 13.7. The summed E-state index contributed by atoms with van der Waals surface area (Å²) in [5, 5.41) is 8.90. The first kappa shape index (κ1) is 18.8. The molecular formula is C16H23FO4S. The second kappa shape index (κ2) is 9.69. The molecule has 1 aromatic rings. The molecule has 4 nitrogen and oxygen atoms in total. The molecule has 1 N–H and O–H groups in total. The van der Waals surface area contributed by atoms with E-state index in [4.69, 9.17) is 14.6 Å². The Morgan fingerprint density at radius 1 is 1.36 bits per heavy atom. The highest BCUT2D eigenvalue weighted by Crippen LogP contribution is 2.33. The topological polar surface area (TPSA) is 55.8 Å². The van der Waals surface area contributed by atoms with E-state index in [1.165, 1.54) is 17.8 Å². The number of hydrogen-bond acceptors (Lipinski definition) is 4. The van der Waals surface area contributed by atoms with E-state index in [0.29, 0.717) is 19.6 Å². The summed E-state index contributed by atoms with van der Waals surface area (Å²) in [6.45, 7) is 4.89. The highest BCUT2D eigenvalue weighted by atomic mass is 32.2. The summed E-state index contributed by atoms with van der Waals surface area (Å²) < 4.78 is 24.1. The van der Waals surface area contributed by atoms with E-state index >= 15 is 0 Å². The number of hydrogen-bond donors (Lipinski definition) is 1. The molecule has 1 unspecified atom stereocenters. The lowest BCUT2D eigenvalue weighted by Crippen LogP contribution is -2.16. The second-order valence-electron chi connectivity index (χ2n) is 5.29. The SMILES string of the molecule is COCCCOc1cc(SC(CC(=O)O)C(C)C)ccc1F. The smallest absolute Gasteiger partial charge is 0.304 e. The third-order valence-corrected chi connectivity index (χ3v) is 4.60. The van der Waals surface area contributed by atoms with Crippen LogP contribution in [0.25, 0.3) is 0 Å². The van der Waals surface area contributed by atoms with Crippen LogP contribution in [0, 0.1) is 11.7 Å². The van der Waals surface area contributed by atoms with Crippen LogP contribution in [-0.4, -0.2) is 36.6 Å². The quantitative estimate of drug-likeness (QED) is 0.522. The molecule has 0 aliphatic carbocycles. The summed E-state index contributed by atoms with van der Waals surface area (Å²) in [5.41, 5.74) is 0. The summed E-state index contributed by atoms with van der Waals surface area (Å²) in [6.07, 6.45) is 0.755. The highest BCUT2D eigenvalue weighted by Gasteiger charge is 2.19. The molecule has 22 heavy (non-hydrogen) atoms. The molecule has 0 aromatic heterocycles. The van der Waals surface area contributed by atoms with Gasteiger partial charge in [-0.1, -0.05) is 13.8 Å². The molecule has 0 radical (unpaired) electrons. The number of carboxylic acids is 1. The Kier molecular flexibility index (Phi) is 8.27. The number of carboxylic acid groups (broad SMARTS) is 1. The average molecular weight is 330 g/mol. The summed E-state index contributed by atoms with van der Waals surface area (Å²) in [4.78, 5) is 11.7. The standard InChI is InChI=1S/C16H23FO4S/c1-11(2)15(10-16(18)19)22-12-5-6-13(17)14(9-12)21-8-4-7-20-3/h5-6,9,11,15H,4,7-8,10H2,1-3H3,(H,18,19). The van der Waals surface area contributed by atoms with Gasteiger partial charge >= 0.3 is 5.97 Å². The largest absolute Gasteiger partial charge is 0.490 e. The molecule has 0 bridgehead atoms. The molecule has 1 atom stereocenters. The Morgan fingerprint density at radius 3 is 2.68 bits per heavy atom. The minimum Gasteiger partial charge on any atom is -0.490 e. The van der Waals surface area contributed by atoms with Crippen LogP contribution < -0.4 is 4.74 Å². The maximum atomic E-state index is 13.7. The number of benzene rings is 1. The average Bonchev–Trinajstić information content (AvgIpc) is 2.45. The molecule has 0 fully saturated rings. The van der Waals surface area contributed by atoms with Crippen molar-refractivity contribution in [3.63, 3.8) is 0 Å². The molecule has 1 rings (SSSR count). The van der Waals surface area contributed by atoms with Gasteiger partial charge in [0.2, 0.25) is 0 Å². The van der Waals surface area contributed by atoms with Gasteiger partial charge in [0.15, 0.2) is 11.6 Å². The lowest BCUT2D eigenvalue weighted by molar-refractivity contribution is -0.137. The molecule has 6 heteroatoms. The Bertz CT molecular complexity index is 479. The first-order valence-electron chi connectivity index (χ1n) is 7.23. The number of methoxy groups -OCH3 is 1. The van der Waals surface area contributed by atoms with Crippen molar-refractivity contribution >= 4 is 17.7 Å². The van der Waals surface area contributed by atoms with Gasteiger partial charge in [-0.25, -0.2) is 4.39 Å². The van der Waals surface area contributed by atoms with Crippen molar-refractivity contribution < 1.29 is 23.8 Å². The maximum Gasteiger partial charge on any atom is 0.304 e. The number of thioether (sulfide) groups is 1. The zero-order chi connectivity index (χ0) is 16.5. The van der Waals surface area contributed by atoms with Gasteiger partial charge < -0.3 is 14.6 Å². The van der Waals surface area contributed by atoms with Crippen LogP contribution in [-0.2, 0) is 9.53 Å². The molecular weight excluding hydrogens is 307 g/mol. The first-order chi connectivity index (χ1) is 10.4. The van der Waals surface area contributed by atoms with Crippen molar-refractivity contribution in [3.8, 4) is 5.75 Å². The van der Waals surface area contributed by atoms with E-state index in [2.05, 4.69) is 0 Å². The minimum atomic E-state index is -0.829. The number of rotatable bonds is 10. The van der Waals surface area contributed by atoms with Crippen LogP contribution in [0.1, 0.15) is 26.7 Å². The molecule has 0 aliphatic heterocycles. The van der Waals surface area contributed by atoms with E-state index in [-0.39, 0.29) is 23.3 Å². The Balaban J connectivity index is 2.71. The first-order valence-corrected chi connectivity index (χ1v) is 8.11. The van der Waals surface area contributed by atoms with Crippen LogP contribution in [0.3, 0.4) is 0 Å². The fourth-order valence-electron chi connectivity index (χ4n) is 1.81. The highest BCUT2D eigenvalue weighted by molar-refractivity contribution is 8.00. The fourth-order valence-corrected chi connectivity index (χ4v) is 2.98. The van der Waals surface area contributed by atoms with Gasteiger partial charge in [-0.2, -0.15) is 0 Å². The Labute approximate surface area is 135 Å².